The number of rotatable bonds is 7. The van der Waals surface area contributed by atoms with Gasteiger partial charge in [0, 0.05) is 48.8 Å². The van der Waals surface area contributed by atoms with Crippen molar-refractivity contribution in [1.82, 2.24) is 14.5 Å². The molecule has 1 saturated heterocycles. The number of carbonyl (C=O) groups is 2. The minimum atomic E-state index is -3.45. The summed E-state index contributed by atoms with van der Waals surface area (Å²) in [6, 6.07) is 3.71. The summed E-state index contributed by atoms with van der Waals surface area (Å²) in [5.74, 6) is 0.0446. The standard InChI is InChI=1S/C22H33ClN4O4S/c1-15-13-26(8-9-27(15)22(29)17-6-4-5-7-17)14-18-10-19(23)11-20(16(18)2)25-21(28)12-24-32(3,30)31/h10-11,15,17,24H,4-9,12-14H2,1-3H3,(H,25,28)/t15-/m0/s1. The smallest absolute Gasteiger partial charge is 0.239 e. The molecule has 2 amide bonds. The number of hydrogen-bond acceptors (Lipinski definition) is 5. The van der Waals surface area contributed by atoms with Gasteiger partial charge in [-0.2, -0.15) is 0 Å². The van der Waals surface area contributed by atoms with Crippen LogP contribution in [0.15, 0.2) is 12.1 Å². The maximum atomic E-state index is 12.8. The van der Waals surface area contributed by atoms with Gasteiger partial charge in [0.05, 0.1) is 12.8 Å². The van der Waals surface area contributed by atoms with Crippen molar-refractivity contribution in [3.63, 3.8) is 0 Å². The van der Waals surface area contributed by atoms with Crippen molar-refractivity contribution in [1.29, 1.82) is 0 Å². The summed E-state index contributed by atoms with van der Waals surface area (Å²) in [6.45, 7) is 6.62. The first-order chi connectivity index (χ1) is 15.0. The van der Waals surface area contributed by atoms with Crippen LogP contribution < -0.4 is 10.0 Å². The van der Waals surface area contributed by atoms with Crippen LogP contribution in [-0.4, -0.2) is 68.5 Å². The molecule has 0 bridgehead atoms. The topological polar surface area (TPSA) is 98.8 Å². The molecule has 8 nitrogen and oxygen atoms in total. The lowest BCUT2D eigenvalue weighted by molar-refractivity contribution is -0.140. The number of nitrogens with one attached hydrogen (secondary N) is 2. The van der Waals surface area contributed by atoms with Gasteiger partial charge in [-0.25, -0.2) is 13.1 Å². The number of piperazine rings is 1. The fraction of sp³-hybridized carbons (Fsp3) is 0.636. The Kier molecular flexibility index (Phi) is 8.19. The molecule has 32 heavy (non-hydrogen) atoms. The molecule has 1 aromatic rings. The number of carbonyl (C=O) groups excluding carboxylic acids is 2. The minimum absolute atomic E-state index is 0.151. The molecule has 1 saturated carbocycles. The molecule has 1 atom stereocenters. The van der Waals surface area contributed by atoms with E-state index < -0.39 is 15.9 Å². The van der Waals surface area contributed by atoms with E-state index >= 15 is 0 Å². The molecule has 1 aliphatic heterocycles. The normalized spacial score (nSPS) is 20.5. The SMILES string of the molecule is Cc1c(CN2CCN(C(=O)C3CCCC3)[C@@H](C)C2)cc(Cl)cc1NC(=O)CNS(C)(=O)=O. The third-order valence-electron chi connectivity index (χ3n) is 6.34. The molecule has 1 heterocycles. The third-order valence-corrected chi connectivity index (χ3v) is 7.23. The molecule has 1 aromatic carbocycles. The van der Waals surface area contributed by atoms with Crippen LogP contribution in [0, 0.1) is 12.8 Å². The van der Waals surface area contributed by atoms with Crippen molar-refractivity contribution in [2.75, 3.05) is 37.8 Å². The van der Waals surface area contributed by atoms with Crippen molar-refractivity contribution >= 4 is 39.1 Å². The summed E-state index contributed by atoms with van der Waals surface area (Å²) in [7, 11) is -3.45. The highest BCUT2D eigenvalue weighted by molar-refractivity contribution is 7.88. The molecule has 0 unspecified atom stereocenters. The lowest BCUT2D eigenvalue weighted by Crippen LogP contribution is -2.54. The highest BCUT2D eigenvalue weighted by Gasteiger charge is 2.33. The first-order valence-electron chi connectivity index (χ1n) is 11.1. The van der Waals surface area contributed by atoms with Gasteiger partial charge in [-0.3, -0.25) is 14.5 Å². The van der Waals surface area contributed by atoms with Crippen LogP contribution in [0.25, 0.3) is 0 Å². The van der Waals surface area contributed by atoms with Gasteiger partial charge in [0.2, 0.25) is 21.8 Å². The largest absolute Gasteiger partial charge is 0.337 e. The Morgan fingerprint density at radius 1 is 1.19 bits per heavy atom. The highest BCUT2D eigenvalue weighted by atomic mass is 35.5. The summed E-state index contributed by atoms with van der Waals surface area (Å²) in [5.41, 5.74) is 2.45. The van der Waals surface area contributed by atoms with E-state index in [2.05, 4.69) is 21.9 Å². The molecular formula is C22H33ClN4O4S. The first kappa shape index (κ1) is 25.0. The van der Waals surface area contributed by atoms with E-state index in [1.54, 1.807) is 6.07 Å². The first-order valence-corrected chi connectivity index (χ1v) is 13.4. The zero-order valence-corrected chi connectivity index (χ0v) is 20.6. The second-order valence-electron chi connectivity index (χ2n) is 8.98. The van der Waals surface area contributed by atoms with Crippen LogP contribution in [-0.2, 0) is 26.2 Å². The Morgan fingerprint density at radius 2 is 1.88 bits per heavy atom. The van der Waals surface area contributed by atoms with Crippen molar-refractivity contribution in [2.24, 2.45) is 5.92 Å². The van der Waals surface area contributed by atoms with Crippen LogP contribution in [0.2, 0.25) is 5.02 Å². The quantitative estimate of drug-likeness (QED) is 0.619. The van der Waals surface area contributed by atoms with Crippen molar-refractivity contribution < 1.29 is 18.0 Å². The van der Waals surface area contributed by atoms with E-state index in [0.717, 1.165) is 62.7 Å². The number of sulfonamides is 1. The fourth-order valence-electron chi connectivity index (χ4n) is 4.57. The molecule has 10 heteroatoms. The summed E-state index contributed by atoms with van der Waals surface area (Å²) in [4.78, 5) is 29.3. The summed E-state index contributed by atoms with van der Waals surface area (Å²) in [5, 5.41) is 3.24. The maximum absolute atomic E-state index is 12.8. The highest BCUT2D eigenvalue weighted by Crippen LogP contribution is 2.29. The Hall–Kier alpha value is -1.68. The monoisotopic (exact) mass is 484 g/mol. The molecular weight excluding hydrogens is 452 g/mol. The predicted molar refractivity (Wildman–Crippen MR) is 126 cm³/mol. The second kappa shape index (κ2) is 10.5. The van der Waals surface area contributed by atoms with E-state index in [-0.39, 0.29) is 18.5 Å². The van der Waals surface area contributed by atoms with Gasteiger partial charge in [-0.1, -0.05) is 24.4 Å². The average molecular weight is 485 g/mol. The van der Waals surface area contributed by atoms with E-state index in [9.17, 15) is 18.0 Å². The third kappa shape index (κ3) is 6.66. The molecule has 2 aliphatic rings. The summed E-state index contributed by atoms with van der Waals surface area (Å²) in [6.07, 6.45) is 5.35. The number of nitrogens with zero attached hydrogens (tertiary/aromatic N) is 2. The van der Waals surface area contributed by atoms with Gasteiger partial charge in [0.25, 0.3) is 0 Å². The molecule has 178 valence electrons. The van der Waals surface area contributed by atoms with Crippen molar-refractivity contribution in [3.8, 4) is 0 Å². The fourth-order valence-corrected chi connectivity index (χ4v) is 5.21. The Labute approximate surface area is 195 Å². The number of amides is 2. The molecule has 0 radical (unpaired) electrons. The van der Waals surface area contributed by atoms with E-state index in [1.807, 2.05) is 17.9 Å². The molecule has 0 spiro atoms. The van der Waals surface area contributed by atoms with Crippen LogP contribution in [0.4, 0.5) is 5.69 Å². The van der Waals surface area contributed by atoms with E-state index in [0.29, 0.717) is 23.2 Å². The maximum Gasteiger partial charge on any atom is 0.239 e. The molecule has 1 aliphatic carbocycles. The van der Waals surface area contributed by atoms with Crippen LogP contribution in [0.5, 0.6) is 0 Å². The molecule has 2 N–H and O–H groups in total. The number of halogens is 1. The molecule has 2 fully saturated rings. The van der Waals surface area contributed by atoms with Gasteiger partial charge in [-0.15, -0.1) is 0 Å². The number of benzene rings is 1. The van der Waals surface area contributed by atoms with Gasteiger partial charge >= 0.3 is 0 Å². The van der Waals surface area contributed by atoms with Gasteiger partial charge < -0.3 is 10.2 Å². The molecule has 0 aromatic heterocycles. The van der Waals surface area contributed by atoms with Gasteiger partial charge in [0.15, 0.2) is 0 Å². The van der Waals surface area contributed by atoms with Gasteiger partial charge in [-0.05, 0) is 49.9 Å². The Balaban J connectivity index is 1.62. The van der Waals surface area contributed by atoms with Crippen molar-refractivity contribution in [3.05, 3.63) is 28.3 Å². The lowest BCUT2D eigenvalue weighted by atomic mass is 10.0. The van der Waals surface area contributed by atoms with E-state index in [4.69, 9.17) is 11.6 Å². The zero-order valence-electron chi connectivity index (χ0n) is 19.0. The Morgan fingerprint density at radius 3 is 2.50 bits per heavy atom. The lowest BCUT2D eigenvalue weighted by Gasteiger charge is -2.41. The number of anilines is 1. The Bertz CT molecular complexity index is 963. The number of hydrogen-bond donors (Lipinski definition) is 2. The second-order valence-corrected chi connectivity index (χ2v) is 11.2. The van der Waals surface area contributed by atoms with Crippen LogP contribution >= 0.6 is 11.6 Å². The van der Waals surface area contributed by atoms with Crippen LogP contribution in [0.1, 0.15) is 43.7 Å². The summed E-state index contributed by atoms with van der Waals surface area (Å²) < 4.78 is 24.6. The van der Waals surface area contributed by atoms with E-state index in [1.165, 1.54) is 0 Å². The van der Waals surface area contributed by atoms with Gasteiger partial charge in [0.1, 0.15) is 0 Å². The predicted octanol–water partition coefficient (Wildman–Crippen LogP) is 2.36. The molecule has 3 rings (SSSR count). The zero-order chi connectivity index (χ0) is 23.5. The minimum Gasteiger partial charge on any atom is -0.337 e. The summed E-state index contributed by atoms with van der Waals surface area (Å²) >= 11 is 6.30. The van der Waals surface area contributed by atoms with Crippen LogP contribution in [0.3, 0.4) is 0 Å². The van der Waals surface area contributed by atoms with Crippen molar-refractivity contribution in [2.45, 2.75) is 52.1 Å². The average Bonchev–Trinajstić information content (AvgIpc) is 3.24.